The number of hydrogen-bond acceptors (Lipinski definition) is 6. The molecule has 0 radical (unpaired) electrons. The molecular weight excluding hydrogens is 230 g/mol. The minimum Gasteiger partial charge on any atom is -0.383 e. The van der Waals surface area contributed by atoms with Crippen molar-refractivity contribution in [2.45, 2.75) is 37.8 Å². The van der Waals surface area contributed by atoms with E-state index in [0.717, 1.165) is 25.7 Å². The van der Waals surface area contributed by atoms with Crippen LogP contribution in [0, 0.1) is 0 Å². The van der Waals surface area contributed by atoms with E-state index in [2.05, 4.69) is 15.0 Å². The number of hydrogen-bond donors (Lipinski definition) is 3. The van der Waals surface area contributed by atoms with Crippen molar-refractivity contribution in [3.05, 3.63) is 6.33 Å². The van der Waals surface area contributed by atoms with E-state index in [1.807, 2.05) is 4.57 Å². The molecular formula is C11H17N7. The van der Waals surface area contributed by atoms with Gasteiger partial charge < -0.3 is 17.2 Å². The molecule has 1 fully saturated rings. The Morgan fingerprint density at radius 3 is 2.56 bits per heavy atom. The average Bonchev–Trinajstić information content (AvgIpc) is 2.80. The van der Waals surface area contributed by atoms with Crippen molar-refractivity contribution in [3.63, 3.8) is 0 Å². The van der Waals surface area contributed by atoms with Crippen molar-refractivity contribution >= 4 is 11.8 Å². The van der Waals surface area contributed by atoms with Gasteiger partial charge in [0, 0.05) is 12.1 Å². The Hall–Kier alpha value is -1.89. The summed E-state index contributed by atoms with van der Waals surface area (Å²) in [7, 11) is 0. The number of nitrogens with zero attached hydrogens (tertiary/aromatic N) is 4. The lowest BCUT2D eigenvalue weighted by Crippen LogP contribution is -2.30. The smallest absolute Gasteiger partial charge is 0.204 e. The van der Waals surface area contributed by atoms with E-state index in [1.54, 1.807) is 0 Å². The van der Waals surface area contributed by atoms with Crippen molar-refractivity contribution in [3.8, 4) is 11.5 Å². The second-order valence-electron chi connectivity index (χ2n) is 4.84. The lowest BCUT2D eigenvalue weighted by Gasteiger charge is -2.30. The highest BCUT2D eigenvalue weighted by molar-refractivity contribution is 5.67. The first kappa shape index (κ1) is 11.2. The molecule has 0 spiro atoms. The predicted molar refractivity (Wildman–Crippen MR) is 68.7 cm³/mol. The molecule has 3 rings (SSSR count). The third kappa shape index (κ3) is 1.67. The second kappa shape index (κ2) is 4.09. The Balaban J connectivity index is 2.03. The van der Waals surface area contributed by atoms with Gasteiger partial charge in [0.15, 0.2) is 5.82 Å². The van der Waals surface area contributed by atoms with Crippen LogP contribution < -0.4 is 17.2 Å². The van der Waals surface area contributed by atoms with Gasteiger partial charge >= 0.3 is 0 Å². The van der Waals surface area contributed by atoms with Crippen LogP contribution >= 0.6 is 0 Å². The lowest BCUT2D eigenvalue weighted by molar-refractivity contribution is 0.327. The van der Waals surface area contributed by atoms with Crippen LogP contribution in [0.25, 0.3) is 11.5 Å². The van der Waals surface area contributed by atoms with Gasteiger partial charge in [-0.25, -0.2) is 9.97 Å². The van der Waals surface area contributed by atoms with Crippen LogP contribution in [0.4, 0.5) is 11.8 Å². The Morgan fingerprint density at radius 1 is 1.11 bits per heavy atom. The largest absolute Gasteiger partial charge is 0.383 e. The van der Waals surface area contributed by atoms with E-state index in [0.29, 0.717) is 29.3 Å². The summed E-state index contributed by atoms with van der Waals surface area (Å²) in [5, 5.41) is 0. The molecule has 0 saturated heterocycles. The first-order valence-corrected chi connectivity index (χ1v) is 6.16. The fourth-order valence-corrected chi connectivity index (χ4v) is 2.67. The highest BCUT2D eigenvalue weighted by Crippen LogP contribution is 2.34. The van der Waals surface area contributed by atoms with Gasteiger partial charge in [0.25, 0.3) is 0 Å². The maximum atomic E-state index is 6.14. The second-order valence-corrected chi connectivity index (χ2v) is 4.84. The van der Waals surface area contributed by atoms with Crippen molar-refractivity contribution in [1.29, 1.82) is 0 Å². The molecule has 0 aromatic rings. The van der Waals surface area contributed by atoms with Crippen molar-refractivity contribution < 1.29 is 0 Å². The predicted octanol–water partition coefficient (Wildman–Crippen LogP) is 0.385. The first-order valence-electron chi connectivity index (χ1n) is 6.16. The van der Waals surface area contributed by atoms with Crippen LogP contribution in [-0.2, 0) is 0 Å². The minimum atomic E-state index is 0.262. The van der Waals surface area contributed by atoms with Crippen LogP contribution in [0.2, 0.25) is 0 Å². The molecule has 3 aliphatic rings. The van der Waals surface area contributed by atoms with Crippen LogP contribution in [-0.4, -0.2) is 25.6 Å². The molecule has 7 nitrogen and oxygen atoms in total. The Kier molecular flexibility index (Phi) is 2.55. The summed E-state index contributed by atoms with van der Waals surface area (Å²) in [5.41, 5.74) is 18.7. The summed E-state index contributed by atoms with van der Waals surface area (Å²) in [4.78, 5) is 12.4. The molecule has 1 aliphatic carbocycles. The van der Waals surface area contributed by atoms with E-state index < -0.39 is 0 Å². The first-order chi connectivity index (χ1) is 8.66. The Bertz CT molecular complexity index is 527. The molecule has 96 valence electrons. The summed E-state index contributed by atoms with van der Waals surface area (Å²) in [6.07, 6.45) is 5.38. The Morgan fingerprint density at radius 2 is 1.83 bits per heavy atom. The van der Waals surface area contributed by atoms with Gasteiger partial charge in [-0.15, -0.1) is 0 Å². The van der Waals surface area contributed by atoms with Gasteiger partial charge in [-0.1, -0.05) is 0 Å². The maximum Gasteiger partial charge on any atom is 0.204 e. The summed E-state index contributed by atoms with van der Waals surface area (Å²) < 4.78 is 1.88. The lowest BCUT2D eigenvalue weighted by atomic mass is 9.91. The molecule has 2 aliphatic heterocycles. The standard InChI is InChI=1S/C11H17N7/c12-6-1-3-7(4-2-6)18-9(13)8-10(16-5-15-8)17-11(18)14/h5-7H,1-4,12-13H2,(H2,14,15,16,17). The zero-order valence-electron chi connectivity index (χ0n) is 10.1. The van der Waals surface area contributed by atoms with E-state index in [1.165, 1.54) is 6.33 Å². The van der Waals surface area contributed by atoms with Gasteiger partial charge in [-0.05, 0) is 25.7 Å². The normalized spacial score (nSPS) is 24.5. The van der Waals surface area contributed by atoms with Crippen LogP contribution in [0.3, 0.4) is 0 Å². The minimum absolute atomic E-state index is 0.262. The van der Waals surface area contributed by atoms with Crippen molar-refractivity contribution in [2.75, 3.05) is 11.5 Å². The maximum absolute atomic E-state index is 6.14. The highest BCUT2D eigenvalue weighted by Gasteiger charge is 2.25. The summed E-state index contributed by atoms with van der Waals surface area (Å²) >= 11 is 0. The topological polar surface area (TPSA) is 122 Å². The molecule has 0 atom stereocenters. The number of rotatable bonds is 1. The summed E-state index contributed by atoms with van der Waals surface area (Å²) in [5.74, 6) is 1.46. The summed E-state index contributed by atoms with van der Waals surface area (Å²) in [6.45, 7) is 0. The van der Waals surface area contributed by atoms with Gasteiger partial charge in [-0.3, -0.25) is 4.57 Å². The number of nitrogens with two attached hydrogens (primary N) is 3. The van der Waals surface area contributed by atoms with Gasteiger partial charge in [0.05, 0.1) is 0 Å². The zero-order chi connectivity index (χ0) is 12.7. The van der Waals surface area contributed by atoms with Gasteiger partial charge in [0.1, 0.15) is 17.8 Å². The van der Waals surface area contributed by atoms with Crippen LogP contribution in [0.1, 0.15) is 31.7 Å². The zero-order valence-corrected chi connectivity index (χ0v) is 10.1. The van der Waals surface area contributed by atoms with Gasteiger partial charge in [-0.2, -0.15) is 4.98 Å². The Labute approximate surface area is 105 Å². The monoisotopic (exact) mass is 247 g/mol. The summed E-state index contributed by atoms with van der Waals surface area (Å²) in [6, 6.07) is 0.554. The number of nitrogen functional groups attached to an aromatic ring is 2. The highest BCUT2D eigenvalue weighted by atomic mass is 15.2. The van der Waals surface area contributed by atoms with Crippen LogP contribution in [0.15, 0.2) is 6.33 Å². The van der Waals surface area contributed by atoms with E-state index in [4.69, 9.17) is 17.2 Å². The number of fused-ring (bicyclic) bond motifs is 1. The van der Waals surface area contributed by atoms with Crippen molar-refractivity contribution in [1.82, 2.24) is 19.5 Å². The quantitative estimate of drug-likeness (QED) is 0.670. The molecule has 0 unspecified atom stereocenters. The molecule has 0 bridgehead atoms. The van der Waals surface area contributed by atoms with E-state index in [-0.39, 0.29) is 6.04 Å². The molecule has 1 saturated carbocycles. The van der Waals surface area contributed by atoms with E-state index >= 15 is 0 Å². The molecule has 0 aromatic carbocycles. The van der Waals surface area contributed by atoms with Gasteiger partial charge in [0.2, 0.25) is 5.95 Å². The number of imidazole rings is 1. The number of anilines is 2. The molecule has 0 amide bonds. The molecule has 18 heavy (non-hydrogen) atoms. The van der Waals surface area contributed by atoms with Crippen molar-refractivity contribution in [2.24, 2.45) is 5.73 Å². The molecule has 0 aromatic heterocycles. The fraction of sp³-hybridized carbons (Fsp3) is 0.545. The average molecular weight is 247 g/mol. The SMILES string of the molecule is Nc1nc2ncnc-2c(N)n1C1CCC(N)CC1. The molecule has 6 N–H and O–H groups in total. The molecule has 7 heteroatoms. The third-order valence-corrected chi connectivity index (χ3v) is 3.65. The van der Waals surface area contributed by atoms with E-state index in [9.17, 15) is 0 Å². The number of aromatic nitrogens is 4. The fourth-order valence-electron chi connectivity index (χ4n) is 2.67. The molecule has 2 heterocycles. The third-order valence-electron chi connectivity index (χ3n) is 3.65. The van der Waals surface area contributed by atoms with Crippen LogP contribution in [0.5, 0.6) is 0 Å².